The zero-order valence-electron chi connectivity index (χ0n) is 12.8. The second kappa shape index (κ2) is 7.07. The topological polar surface area (TPSA) is 99.2 Å². The van der Waals surface area contributed by atoms with Gasteiger partial charge in [-0.3, -0.25) is 0 Å². The lowest BCUT2D eigenvalue weighted by molar-refractivity contribution is 0.0313. The third-order valence-corrected chi connectivity index (χ3v) is 5.12. The van der Waals surface area contributed by atoms with E-state index < -0.39 is 22.0 Å². The van der Waals surface area contributed by atoms with E-state index in [1.54, 1.807) is 0 Å². The Labute approximate surface area is 134 Å². The Hall–Kier alpha value is -1.97. The van der Waals surface area contributed by atoms with Gasteiger partial charge in [-0.05, 0) is 24.6 Å². The third-order valence-electron chi connectivity index (χ3n) is 3.32. The first-order chi connectivity index (χ1) is 10.9. The molecular formula is C14H17NO7S. The van der Waals surface area contributed by atoms with Crippen LogP contribution in [0.25, 0.3) is 0 Å². The number of carbonyl (C=O) groups is 2. The normalized spacial score (nSPS) is 15.9. The number of rotatable bonds is 4. The second-order valence-electron chi connectivity index (χ2n) is 4.80. The minimum atomic E-state index is -3.90. The van der Waals surface area contributed by atoms with Gasteiger partial charge in [-0.2, -0.15) is 4.31 Å². The van der Waals surface area contributed by atoms with Crippen molar-refractivity contribution < 1.29 is 32.2 Å². The van der Waals surface area contributed by atoms with E-state index in [4.69, 9.17) is 4.74 Å². The molecule has 1 aliphatic rings. The quantitative estimate of drug-likeness (QED) is 0.739. The lowest BCUT2D eigenvalue weighted by atomic mass is 10.1. The van der Waals surface area contributed by atoms with E-state index in [0.717, 1.165) is 4.31 Å². The molecule has 1 fully saturated rings. The van der Waals surface area contributed by atoms with Crippen molar-refractivity contribution in [3.63, 3.8) is 0 Å². The molecule has 0 spiro atoms. The minimum absolute atomic E-state index is 0.0492. The lowest BCUT2D eigenvalue weighted by Gasteiger charge is -2.26. The summed E-state index contributed by atoms with van der Waals surface area (Å²) in [5.41, 5.74) is -0.0983. The molecule has 9 heteroatoms. The fourth-order valence-corrected chi connectivity index (χ4v) is 3.56. The fraction of sp³-hybridized carbons (Fsp3) is 0.429. The summed E-state index contributed by atoms with van der Waals surface area (Å²) in [6, 6.07) is 3.56. The van der Waals surface area contributed by atoms with Gasteiger partial charge in [0.25, 0.3) is 0 Å². The van der Waals surface area contributed by atoms with Gasteiger partial charge in [0.05, 0.1) is 30.2 Å². The average molecular weight is 343 g/mol. The molecule has 1 aromatic carbocycles. The van der Waals surface area contributed by atoms with Gasteiger partial charge in [0.1, 0.15) is 6.73 Å². The molecule has 0 saturated carbocycles. The first-order valence-corrected chi connectivity index (χ1v) is 8.23. The van der Waals surface area contributed by atoms with Gasteiger partial charge in [-0.25, -0.2) is 18.0 Å². The summed E-state index contributed by atoms with van der Waals surface area (Å²) in [7, 11) is -1.56. The van der Waals surface area contributed by atoms with E-state index in [9.17, 15) is 18.0 Å². The van der Waals surface area contributed by atoms with Crippen LogP contribution in [0.1, 0.15) is 27.1 Å². The molecule has 8 nitrogen and oxygen atoms in total. The van der Waals surface area contributed by atoms with Gasteiger partial charge in [0.15, 0.2) is 0 Å². The van der Waals surface area contributed by atoms with Crippen molar-refractivity contribution >= 4 is 22.0 Å². The van der Waals surface area contributed by atoms with Crippen LogP contribution in [-0.4, -0.2) is 58.8 Å². The molecule has 0 radical (unpaired) electrons. The predicted molar refractivity (Wildman–Crippen MR) is 78.4 cm³/mol. The molecule has 1 saturated heterocycles. The molecular weight excluding hydrogens is 326 g/mol. The summed E-state index contributed by atoms with van der Waals surface area (Å²) in [4.78, 5) is 23.3. The standard InChI is InChI=1S/C14H17NO7S/c1-20-13(16)10-6-11(14(17)21-2)8-12(7-10)23(18,19)15-4-3-5-22-9-15/h6-8H,3-5,9H2,1-2H3. The van der Waals surface area contributed by atoms with Gasteiger partial charge in [-0.15, -0.1) is 0 Å². The number of ether oxygens (including phenoxy) is 3. The van der Waals surface area contributed by atoms with Crippen molar-refractivity contribution in [1.82, 2.24) is 4.31 Å². The van der Waals surface area contributed by atoms with Crippen LogP contribution in [0.3, 0.4) is 0 Å². The van der Waals surface area contributed by atoms with Crippen molar-refractivity contribution in [2.24, 2.45) is 0 Å². The van der Waals surface area contributed by atoms with Crippen molar-refractivity contribution in [2.45, 2.75) is 11.3 Å². The third kappa shape index (κ3) is 3.69. The first kappa shape index (κ1) is 17.4. The zero-order valence-corrected chi connectivity index (χ0v) is 13.6. The Kier molecular flexibility index (Phi) is 5.34. The number of hydrogen-bond acceptors (Lipinski definition) is 7. The van der Waals surface area contributed by atoms with Gasteiger partial charge >= 0.3 is 11.9 Å². The van der Waals surface area contributed by atoms with Crippen LogP contribution in [-0.2, 0) is 24.2 Å². The smallest absolute Gasteiger partial charge is 0.337 e. The summed E-state index contributed by atoms with van der Waals surface area (Å²) < 4.78 is 40.8. The molecule has 0 aromatic heterocycles. The van der Waals surface area contributed by atoms with Crippen LogP contribution < -0.4 is 0 Å². The lowest BCUT2D eigenvalue weighted by Crippen LogP contribution is -2.38. The number of hydrogen-bond donors (Lipinski definition) is 0. The summed E-state index contributed by atoms with van der Waals surface area (Å²) in [6.45, 7) is 0.721. The molecule has 0 amide bonds. The van der Waals surface area contributed by atoms with Crippen LogP contribution in [0, 0.1) is 0 Å². The highest BCUT2D eigenvalue weighted by molar-refractivity contribution is 7.89. The second-order valence-corrected chi connectivity index (χ2v) is 6.74. The van der Waals surface area contributed by atoms with Gasteiger partial charge in [0.2, 0.25) is 10.0 Å². The van der Waals surface area contributed by atoms with E-state index in [1.807, 2.05) is 0 Å². The van der Waals surface area contributed by atoms with Crippen LogP contribution in [0.2, 0.25) is 0 Å². The number of benzene rings is 1. The van der Waals surface area contributed by atoms with Crippen LogP contribution in [0.4, 0.5) is 0 Å². The van der Waals surface area contributed by atoms with E-state index in [2.05, 4.69) is 9.47 Å². The maximum absolute atomic E-state index is 12.7. The van der Waals surface area contributed by atoms with E-state index >= 15 is 0 Å². The van der Waals surface area contributed by atoms with E-state index in [0.29, 0.717) is 19.6 Å². The summed E-state index contributed by atoms with van der Waals surface area (Å²) >= 11 is 0. The molecule has 2 rings (SSSR count). The highest BCUT2D eigenvalue weighted by atomic mass is 32.2. The maximum atomic E-state index is 12.7. The Morgan fingerprint density at radius 3 is 2.09 bits per heavy atom. The number of nitrogens with zero attached hydrogens (tertiary/aromatic N) is 1. The molecule has 126 valence electrons. The molecule has 1 aromatic rings. The van der Waals surface area contributed by atoms with Crippen LogP contribution in [0.15, 0.2) is 23.1 Å². The largest absolute Gasteiger partial charge is 0.465 e. The van der Waals surface area contributed by atoms with Crippen molar-refractivity contribution in [1.29, 1.82) is 0 Å². The average Bonchev–Trinajstić information content (AvgIpc) is 2.60. The van der Waals surface area contributed by atoms with Gasteiger partial charge in [0, 0.05) is 13.2 Å². The monoisotopic (exact) mass is 343 g/mol. The molecule has 0 atom stereocenters. The molecule has 23 heavy (non-hydrogen) atoms. The van der Waals surface area contributed by atoms with Gasteiger partial charge in [-0.1, -0.05) is 0 Å². The first-order valence-electron chi connectivity index (χ1n) is 6.79. The maximum Gasteiger partial charge on any atom is 0.337 e. The molecule has 0 bridgehead atoms. The fourth-order valence-electron chi connectivity index (χ4n) is 2.13. The Bertz CT molecular complexity index is 674. The van der Waals surface area contributed by atoms with Crippen molar-refractivity contribution in [3.8, 4) is 0 Å². The zero-order chi connectivity index (χ0) is 17.0. The number of carbonyl (C=O) groups excluding carboxylic acids is 2. The molecule has 0 aliphatic carbocycles. The summed E-state index contributed by atoms with van der Waals surface area (Å²) in [6.07, 6.45) is 0.569. The predicted octanol–water partition coefficient (Wildman–Crippen LogP) is 0.628. The number of esters is 2. The summed E-state index contributed by atoms with van der Waals surface area (Å²) in [5.74, 6) is -1.50. The van der Waals surface area contributed by atoms with E-state index in [1.165, 1.54) is 32.4 Å². The van der Waals surface area contributed by atoms with Gasteiger partial charge < -0.3 is 14.2 Å². The summed E-state index contributed by atoms with van der Waals surface area (Å²) in [5, 5.41) is 0. The number of sulfonamides is 1. The highest BCUT2D eigenvalue weighted by Crippen LogP contribution is 2.22. The molecule has 0 N–H and O–H groups in total. The van der Waals surface area contributed by atoms with E-state index in [-0.39, 0.29) is 22.8 Å². The molecule has 1 heterocycles. The van der Waals surface area contributed by atoms with Crippen molar-refractivity contribution in [3.05, 3.63) is 29.3 Å². The minimum Gasteiger partial charge on any atom is -0.465 e. The Balaban J connectivity index is 2.51. The Morgan fingerprint density at radius 1 is 1.09 bits per heavy atom. The molecule has 1 aliphatic heterocycles. The Morgan fingerprint density at radius 2 is 1.65 bits per heavy atom. The highest BCUT2D eigenvalue weighted by Gasteiger charge is 2.28. The van der Waals surface area contributed by atoms with Crippen LogP contribution in [0.5, 0.6) is 0 Å². The molecule has 0 unspecified atom stereocenters. The number of methoxy groups -OCH3 is 2. The van der Waals surface area contributed by atoms with Crippen LogP contribution >= 0.6 is 0 Å². The SMILES string of the molecule is COC(=O)c1cc(C(=O)OC)cc(S(=O)(=O)N2CCCOC2)c1. The van der Waals surface area contributed by atoms with Crippen molar-refractivity contribution in [2.75, 3.05) is 34.1 Å².